The standard InChI is InChI=1S/C11H12F3N3O2/c12-6-2-7(15)8(3-9(6)19-11(13)14)17-5-1-10(18)16-4-5/h2-3,5,11,17H,1,4,15H2,(H,16,18). The van der Waals surface area contributed by atoms with E-state index in [0.717, 1.165) is 12.1 Å². The first-order chi connectivity index (χ1) is 8.95. The monoisotopic (exact) mass is 275 g/mol. The highest BCUT2D eigenvalue weighted by Gasteiger charge is 2.22. The third-order valence-corrected chi connectivity index (χ3v) is 2.66. The van der Waals surface area contributed by atoms with E-state index in [4.69, 9.17) is 5.73 Å². The van der Waals surface area contributed by atoms with Crippen molar-refractivity contribution in [2.45, 2.75) is 19.1 Å². The topological polar surface area (TPSA) is 76.4 Å². The highest BCUT2D eigenvalue weighted by Crippen LogP contribution is 2.30. The molecular formula is C11H12F3N3O2. The third-order valence-electron chi connectivity index (χ3n) is 2.66. The van der Waals surface area contributed by atoms with Gasteiger partial charge in [0.15, 0.2) is 11.6 Å². The van der Waals surface area contributed by atoms with E-state index in [0.29, 0.717) is 6.54 Å². The number of carbonyl (C=O) groups is 1. The Morgan fingerprint density at radius 2 is 2.21 bits per heavy atom. The number of nitrogens with two attached hydrogens (primary N) is 1. The zero-order valence-corrected chi connectivity index (χ0v) is 9.75. The Morgan fingerprint density at radius 1 is 1.47 bits per heavy atom. The number of ether oxygens (including phenoxy) is 1. The van der Waals surface area contributed by atoms with Crippen molar-refractivity contribution in [1.29, 1.82) is 0 Å². The number of nitrogens with one attached hydrogen (secondary N) is 2. The first kappa shape index (κ1) is 13.3. The fraction of sp³-hybridized carbons (Fsp3) is 0.364. The van der Waals surface area contributed by atoms with Crippen molar-refractivity contribution in [3.05, 3.63) is 17.9 Å². The van der Waals surface area contributed by atoms with Crippen LogP contribution in [0.15, 0.2) is 12.1 Å². The Kier molecular flexibility index (Phi) is 3.68. The molecule has 8 heteroatoms. The van der Waals surface area contributed by atoms with Crippen LogP contribution in [-0.2, 0) is 4.79 Å². The van der Waals surface area contributed by atoms with Crippen LogP contribution in [0.3, 0.4) is 0 Å². The van der Waals surface area contributed by atoms with Gasteiger partial charge < -0.3 is 21.1 Å². The van der Waals surface area contributed by atoms with Crippen LogP contribution in [0.5, 0.6) is 5.75 Å². The van der Waals surface area contributed by atoms with Gasteiger partial charge in [0.25, 0.3) is 0 Å². The molecule has 0 aromatic heterocycles. The third kappa shape index (κ3) is 3.21. The van der Waals surface area contributed by atoms with Crippen LogP contribution >= 0.6 is 0 Å². The molecule has 1 aromatic carbocycles. The van der Waals surface area contributed by atoms with Gasteiger partial charge in [0, 0.05) is 25.1 Å². The lowest BCUT2D eigenvalue weighted by Gasteiger charge is -2.16. The van der Waals surface area contributed by atoms with E-state index in [-0.39, 0.29) is 29.7 Å². The van der Waals surface area contributed by atoms with E-state index >= 15 is 0 Å². The van der Waals surface area contributed by atoms with Crippen LogP contribution < -0.4 is 21.1 Å². The Balaban J connectivity index is 2.17. The SMILES string of the molecule is Nc1cc(F)c(OC(F)F)cc1NC1CNC(=O)C1. The van der Waals surface area contributed by atoms with Gasteiger partial charge in [-0.2, -0.15) is 8.78 Å². The zero-order valence-electron chi connectivity index (χ0n) is 9.75. The number of alkyl halides is 2. The maximum atomic E-state index is 13.3. The average molecular weight is 275 g/mol. The summed E-state index contributed by atoms with van der Waals surface area (Å²) in [5.74, 6) is -1.69. The number of benzene rings is 1. The lowest BCUT2D eigenvalue weighted by molar-refractivity contribution is -0.119. The smallest absolute Gasteiger partial charge is 0.387 e. The highest BCUT2D eigenvalue weighted by molar-refractivity contribution is 5.80. The van der Waals surface area contributed by atoms with Crippen molar-refractivity contribution >= 4 is 17.3 Å². The lowest BCUT2D eigenvalue weighted by Crippen LogP contribution is -2.23. The Bertz CT molecular complexity index is 496. The van der Waals surface area contributed by atoms with Gasteiger partial charge >= 0.3 is 6.61 Å². The number of nitrogen functional groups attached to an aromatic ring is 1. The molecule has 1 saturated heterocycles. The lowest BCUT2D eigenvalue weighted by atomic mass is 10.2. The molecule has 1 aromatic rings. The summed E-state index contributed by atoms with van der Waals surface area (Å²) in [5, 5.41) is 5.48. The molecule has 0 aliphatic carbocycles. The number of amides is 1. The summed E-state index contributed by atoms with van der Waals surface area (Å²) in [7, 11) is 0. The van der Waals surface area contributed by atoms with Crippen LogP contribution in [0.1, 0.15) is 6.42 Å². The number of hydrogen-bond donors (Lipinski definition) is 3. The van der Waals surface area contributed by atoms with Crippen LogP contribution in [0.4, 0.5) is 24.5 Å². The molecule has 19 heavy (non-hydrogen) atoms. The van der Waals surface area contributed by atoms with Crippen molar-refractivity contribution in [2.24, 2.45) is 0 Å². The van der Waals surface area contributed by atoms with E-state index in [1.165, 1.54) is 0 Å². The van der Waals surface area contributed by atoms with Crippen LogP contribution in [0.2, 0.25) is 0 Å². The maximum absolute atomic E-state index is 13.3. The van der Waals surface area contributed by atoms with Gasteiger partial charge in [0.1, 0.15) is 0 Å². The summed E-state index contributed by atoms with van der Waals surface area (Å²) in [5.41, 5.74) is 5.89. The van der Waals surface area contributed by atoms with Crippen molar-refractivity contribution in [3.8, 4) is 5.75 Å². The van der Waals surface area contributed by atoms with Crippen molar-refractivity contribution < 1.29 is 22.7 Å². The summed E-state index contributed by atoms with van der Waals surface area (Å²) in [6, 6.07) is 1.73. The number of rotatable bonds is 4. The van der Waals surface area contributed by atoms with E-state index in [1.807, 2.05) is 0 Å². The molecule has 1 amide bonds. The molecule has 1 atom stereocenters. The van der Waals surface area contributed by atoms with Gasteiger partial charge in [-0.05, 0) is 0 Å². The summed E-state index contributed by atoms with van der Waals surface area (Å²) >= 11 is 0. The number of halogens is 3. The van der Waals surface area contributed by atoms with Crippen molar-refractivity contribution in [1.82, 2.24) is 5.32 Å². The second-order valence-electron chi connectivity index (χ2n) is 4.10. The molecule has 1 aliphatic rings. The van der Waals surface area contributed by atoms with E-state index in [9.17, 15) is 18.0 Å². The van der Waals surface area contributed by atoms with Crippen molar-refractivity contribution in [2.75, 3.05) is 17.6 Å². The molecule has 0 radical (unpaired) electrons. The van der Waals surface area contributed by atoms with Gasteiger partial charge in [-0.15, -0.1) is 0 Å². The predicted octanol–water partition coefficient (Wildman–Crippen LogP) is 1.31. The predicted molar refractivity (Wildman–Crippen MR) is 62.5 cm³/mol. The summed E-state index contributed by atoms with van der Waals surface area (Å²) in [4.78, 5) is 11.0. The first-order valence-electron chi connectivity index (χ1n) is 5.53. The number of hydrogen-bond acceptors (Lipinski definition) is 4. The summed E-state index contributed by atoms with van der Waals surface area (Å²) in [6.45, 7) is -2.73. The Morgan fingerprint density at radius 3 is 2.79 bits per heavy atom. The Labute approximate surface area is 106 Å². The second-order valence-corrected chi connectivity index (χ2v) is 4.10. The largest absolute Gasteiger partial charge is 0.432 e. The summed E-state index contributed by atoms with van der Waals surface area (Å²) < 4.78 is 41.6. The van der Waals surface area contributed by atoms with E-state index in [2.05, 4.69) is 15.4 Å². The van der Waals surface area contributed by atoms with Gasteiger partial charge in [0.05, 0.1) is 17.4 Å². The molecule has 0 spiro atoms. The molecule has 1 fully saturated rings. The summed E-state index contributed by atoms with van der Waals surface area (Å²) in [6.07, 6.45) is 0.238. The molecular weight excluding hydrogens is 263 g/mol. The molecule has 104 valence electrons. The first-order valence-corrected chi connectivity index (χ1v) is 5.53. The van der Waals surface area contributed by atoms with Crippen LogP contribution in [0.25, 0.3) is 0 Å². The molecule has 1 heterocycles. The minimum Gasteiger partial charge on any atom is -0.432 e. The molecule has 0 saturated carbocycles. The minimum atomic E-state index is -3.12. The Hall–Kier alpha value is -2.12. The average Bonchev–Trinajstić information content (AvgIpc) is 2.70. The number of anilines is 2. The molecule has 1 aliphatic heterocycles. The fourth-order valence-electron chi connectivity index (χ4n) is 1.81. The number of carbonyl (C=O) groups excluding carboxylic acids is 1. The maximum Gasteiger partial charge on any atom is 0.387 e. The van der Waals surface area contributed by atoms with Crippen molar-refractivity contribution in [3.63, 3.8) is 0 Å². The van der Waals surface area contributed by atoms with Gasteiger partial charge in [0.2, 0.25) is 5.91 Å². The van der Waals surface area contributed by atoms with Gasteiger partial charge in [-0.1, -0.05) is 0 Å². The van der Waals surface area contributed by atoms with E-state index < -0.39 is 18.2 Å². The van der Waals surface area contributed by atoms with Crippen LogP contribution in [-0.4, -0.2) is 25.1 Å². The second kappa shape index (κ2) is 5.25. The highest BCUT2D eigenvalue weighted by atomic mass is 19.3. The quantitative estimate of drug-likeness (QED) is 0.724. The van der Waals surface area contributed by atoms with E-state index in [1.54, 1.807) is 0 Å². The minimum absolute atomic E-state index is 0.0541. The molecule has 2 rings (SSSR count). The molecule has 1 unspecified atom stereocenters. The molecule has 4 N–H and O–H groups in total. The normalized spacial score (nSPS) is 18.5. The van der Waals surface area contributed by atoms with Crippen LogP contribution in [0, 0.1) is 5.82 Å². The molecule has 5 nitrogen and oxygen atoms in total. The van der Waals surface area contributed by atoms with Gasteiger partial charge in [-0.25, -0.2) is 4.39 Å². The fourth-order valence-corrected chi connectivity index (χ4v) is 1.81. The van der Waals surface area contributed by atoms with Gasteiger partial charge in [-0.3, -0.25) is 4.79 Å². The zero-order chi connectivity index (χ0) is 14.0. The molecule has 0 bridgehead atoms.